The summed E-state index contributed by atoms with van der Waals surface area (Å²) in [6, 6.07) is 10.1. The molecule has 2 rings (SSSR count). The van der Waals surface area contributed by atoms with Gasteiger partial charge in [0, 0.05) is 21.2 Å². The lowest BCUT2D eigenvalue weighted by atomic mass is 10.2. The Morgan fingerprint density at radius 2 is 1.62 bits per heavy atom. The van der Waals surface area contributed by atoms with Crippen LogP contribution in [-0.4, -0.2) is 14.2 Å². The Labute approximate surface area is 141 Å². The maximum absolute atomic E-state index is 5.34. The van der Waals surface area contributed by atoms with Crippen molar-refractivity contribution < 1.29 is 9.47 Å². The average molecular weight is 415 g/mol. The zero-order valence-corrected chi connectivity index (χ0v) is 15.3. The van der Waals surface area contributed by atoms with E-state index in [0.29, 0.717) is 12.3 Å². The van der Waals surface area contributed by atoms with Crippen molar-refractivity contribution in [1.82, 2.24) is 0 Å². The lowest BCUT2D eigenvalue weighted by Gasteiger charge is -2.14. The molecule has 0 heterocycles. The average Bonchev–Trinajstić information content (AvgIpc) is 2.48. The van der Waals surface area contributed by atoms with E-state index in [1.807, 2.05) is 18.2 Å². The van der Waals surface area contributed by atoms with Crippen LogP contribution in [0.1, 0.15) is 11.1 Å². The molecule has 0 radical (unpaired) electrons. The summed E-state index contributed by atoms with van der Waals surface area (Å²) in [4.78, 5) is 0. The molecule has 1 N–H and O–H groups in total. The van der Waals surface area contributed by atoms with E-state index in [-0.39, 0.29) is 0 Å². The predicted octanol–water partition coefficient (Wildman–Crippen LogP) is 5.15. The van der Waals surface area contributed by atoms with Crippen molar-refractivity contribution in [2.24, 2.45) is 0 Å². The van der Waals surface area contributed by atoms with Crippen LogP contribution in [0.5, 0.6) is 11.5 Å². The van der Waals surface area contributed by atoms with Gasteiger partial charge in [0.15, 0.2) is 11.5 Å². The van der Waals surface area contributed by atoms with Crippen molar-refractivity contribution in [1.29, 1.82) is 0 Å². The van der Waals surface area contributed by atoms with Gasteiger partial charge in [-0.15, -0.1) is 0 Å². The van der Waals surface area contributed by atoms with Gasteiger partial charge in [0.1, 0.15) is 0 Å². The molecule has 2 aromatic rings. The Bertz CT molecular complexity index is 644. The Balaban J connectivity index is 2.21. The van der Waals surface area contributed by atoms with E-state index in [9.17, 15) is 0 Å². The maximum atomic E-state index is 5.34. The molecule has 5 heteroatoms. The topological polar surface area (TPSA) is 30.5 Å². The second kappa shape index (κ2) is 7.18. The fourth-order valence-electron chi connectivity index (χ4n) is 2.00. The third-order valence-electron chi connectivity index (χ3n) is 3.14. The highest BCUT2D eigenvalue weighted by molar-refractivity contribution is 9.11. The summed E-state index contributed by atoms with van der Waals surface area (Å²) in [5.74, 6) is 1.44. The highest BCUT2D eigenvalue weighted by atomic mass is 79.9. The molecule has 0 aliphatic rings. The van der Waals surface area contributed by atoms with Crippen LogP contribution in [0.15, 0.2) is 39.3 Å². The molecule has 21 heavy (non-hydrogen) atoms. The molecule has 3 nitrogen and oxygen atoms in total. The van der Waals surface area contributed by atoms with Crippen LogP contribution < -0.4 is 14.8 Å². The Hall–Kier alpha value is -1.20. The first-order valence-corrected chi connectivity index (χ1v) is 8.04. The van der Waals surface area contributed by atoms with Gasteiger partial charge >= 0.3 is 0 Å². The molecule has 0 saturated heterocycles. The van der Waals surface area contributed by atoms with Crippen LogP contribution in [-0.2, 0) is 6.54 Å². The first-order chi connectivity index (χ1) is 10.0. The van der Waals surface area contributed by atoms with Gasteiger partial charge in [-0.2, -0.15) is 0 Å². The number of hydrogen-bond acceptors (Lipinski definition) is 3. The molecule has 112 valence electrons. The molecule has 0 aromatic heterocycles. The smallest absolute Gasteiger partial charge is 0.161 e. The summed E-state index contributed by atoms with van der Waals surface area (Å²) in [6.45, 7) is 2.76. The second-order valence-electron chi connectivity index (χ2n) is 4.64. The number of anilines is 1. The van der Waals surface area contributed by atoms with Crippen molar-refractivity contribution in [2.75, 3.05) is 19.5 Å². The number of nitrogens with one attached hydrogen (secondary N) is 1. The molecular weight excluding hydrogens is 398 g/mol. The van der Waals surface area contributed by atoms with Crippen molar-refractivity contribution in [3.8, 4) is 11.5 Å². The van der Waals surface area contributed by atoms with Gasteiger partial charge in [0.25, 0.3) is 0 Å². The highest BCUT2D eigenvalue weighted by Gasteiger charge is 2.10. The lowest BCUT2D eigenvalue weighted by Crippen LogP contribution is -2.02. The molecule has 0 spiro atoms. The van der Waals surface area contributed by atoms with Gasteiger partial charge in [-0.25, -0.2) is 0 Å². The monoisotopic (exact) mass is 413 g/mol. The van der Waals surface area contributed by atoms with Crippen LogP contribution in [0.2, 0.25) is 0 Å². The van der Waals surface area contributed by atoms with Crippen molar-refractivity contribution >= 4 is 37.5 Å². The number of hydrogen-bond donors (Lipinski definition) is 1. The van der Waals surface area contributed by atoms with Crippen molar-refractivity contribution in [2.45, 2.75) is 13.5 Å². The minimum Gasteiger partial charge on any atom is -0.493 e. The number of methoxy groups -OCH3 is 2. The largest absolute Gasteiger partial charge is 0.493 e. The van der Waals surface area contributed by atoms with Crippen molar-refractivity contribution in [3.63, 3.8) is 0 Å². The van der Waals surface area contributed by atoms with Gasteiger partial charge in [-0.3, -0.25) is 0 Å². The first kappa shape index (κ1) is 16.2. The molecule has 0 aliphatic heterocycles. The van der Waals surface area contributed by atoms with Crippen molar-refractivity contribution in [3.05, 3.63) is 50.4 Å². The van der Waals surface area contributed by atoms with Gasteiger partial charge in [-0.1, -0.05) is 22.0 Å². The molecule has 0 unspecified atom stereocenters. The number of ether oxygens (including phenoxy) is 2. The van der Waals surface area contributed by atoms with Crippen LogP contribution >= 0.6 is 31.9 Å². The van der Waals surface area contributed by atoms with E-state index in [1.54, 1.807) is 14.2 Å². The minimum atomic E-state index is 0.684. The number of aryl methyl sites for hydroxylation is 1. The van der Waals surface area contributed by atoms with E-state index in [2.05, 4.69) is 56.2 Å². The summed E-state index contributed by atoms with van der Waals surface area (Å²) >= 11 is 7.13. The van der Waals surface area contributed by atoms with Gasteiger partial charge in [0.05, 0.1) is 14.2 Å². The highest BCUT2D eigenvalue weighted by Crippen LogP contribution is 2.34. The first-order valence-electron chi connectivity index (χ1n) is 6.45. The Kier molecular flexibility index (Phi) is 5.53. The third kappa shape index (κ3) is 3.92. The molecule has 0 atom stereocenters. The molecule has 2 aromatic carbocycles. The van der Waals surface area contributed by atoms with Crippen LogP contribution in [0.25, 0.3) is 0 Å². The molecular formula is C16H17Br2NO2. The minimum absolute atomic E-state index is 0.684. The van der Waals surface area contributed by atoms with Crippen LogP contribution in [0.3, 0.4) is 0 Å². The van der Waals surface area contributed by atoms with Gasteiger partial charge < -0.3 is 14.8 Å². The van der Waals surface area contributed by atoms with E-state index in [0.717, 1.165) is 25.9 Å². The van der Waals surface area contributed by atoms with Gasteiger partial charge in [0.2, 0.25) is 0 Å². The quantitative estimate of drug-likeness (QED) is 0.733. The lowest BCUT2D eigenvalue weighted by molar-refractivity contribution is 0.354. The summed E-state index contributed by atoms with van der Waals surface area (Å²) in [7, 11) is 3.27. The molecule has 0 fully saturated rings. The fourth-order valence-corrected chi connectivity index (χ4v) is 2.85. The zero-order valence-electron chi connectivity index (χ0n) is 12.2. The zero-order chi connectivity index (χ0) is 15.4. The van der Waals surface area contributed by atoms with E-state index >= 15 is 0 Å². The fraction of sp³-hybridized carbons (Fsp3) is 0.250. The van der Waals surface area contributed by atoms with E-state index in [1.165, 1.54) is 5.56 Å². The second-order valence-corrected chi connectivity index (χ2v) is 6.34. The summed E-state index contributed by atoms with van der Waals surface area (Å²) < 4.78 is 12.7. The van der Waals surface area contributed by atoms with Gasteiger partial charge in [-0.05, 0) is 58.2 Å². The van der Waals surface area contributed by atoms with Crippen LogP contribution in [0, 0.1) is 6.92 Å². The summed E-state index contributed by atoms with van der Waals surface area (Å²) in [5, 5.41) is 3.43. The predicted molar refractivity (Wildman–Crippen MR) is 93.5 cm³/mol. The molecule has 0 saturated carbocycles. The van der Waals surface area contributed by atoms with Crippen LogP contribution in [0.4, 0.5) is 5.69 Å². The number of benzene rings is 2. The normalized spacial score (nSPS) is 10.3. The van der Waals surface area contributed by atoms with E-state index < -0.39 is 0 Å². The number of halogens is 2. The summed E-state index contributed by atoms with van der Waals surface area (Å²) in [6.07, 6.45) is 0. The molecule has 0 bridgehead atoms. The Morgan fingerprint density at radius 1 is 0.952 bits per heavy atom. The maximum Gasteiger partial charge on any atom is 0.161 e. The molecule has 0 amide bonds. The number of rotatable bonds is 5. The van der Waals surface area contributed by atoms with E-state index in [4.69, 9.17) is 9.47 Å². The Morgan fingerprint density at radius 3 is 2.29 bits per heavy atom. The third-order valence-corrected chi connectivity index (χ3v) is 4.57. The SMILES string of the molecule is COc1cc(Br)c(CNc2cc(C)ccc2Br)cc1OC. The summed E-state index contributed by atoms with van der Waals surface area (Å²) in [5.41, 5.74) is 3.38. The standard InChI is InChI=1S/C16H17Br2NO2/c1-10-4-5-12(17)14(6-10)19-9-11-7-15(20-2)16(21-3)8-13(11)18/h4-8,19H,9H2,1-3H3. The molecule has 0 aliphatic carbocycles.